The molecule has 0 bridgehead atoms. The molecule has 1 rings (SSSR count). The third-order valence-corrected chi connectivity index (χ3v) is 2.88. The van der Waals surface area contributed by atoms with Gasteiger partial charge in [0, 0.05) is 6.04 Å². The zero-order valence-corrected chi connectivity index (χ0v) is 10.4. The molecule has 0 radical (unpaired) electrons. The molecule has 1 aliphatic rings. The predicted molar refractivity (Wildman–Crippen MR) is 64.0 cm³/mol. The van der Waals surface area contributed by atoms with Crippen LogP contribution in [0.1, 0.15) is 32.6 Å². The van der Waals surface area contributed by atoms with Gasteiger partial charge in [0.2, 0.25) is 5.91 Å². The maximum Gasteiger partial charge on any atom is 0.321 e. The van der Waals surface area contributed by atoms with Crippen LogP contribution in [-0.4, -0.2) is 41.6 Å². The van der Waals surface area contributed by atoms with E-state index in [1.807, 2.05) is 0 Å². The SMILES string of the molecule is C[C@H](NCC(=O)NC(=O)NC1CCCC1)C(=O)O. The van der Waals surface area contributed by atoms with Gasteiger partial charge in [-0.25, -0.2) is 4.79 Å². The fourth-order valence-electron chi connectivity index (χ4n) is 1.80. The molecule has 7 nitrogen and oxygen atoms in total. The largest absolute Gasteiger partial charge is 0.480 e. The third kappa shape index (κ3) is 5.13. The minimum absolute atomic E-state index is 0.142. The van der Waals surface area contributed by atoms with Gasteiger partial charge < -0.3 is 10.4 Å². The Morgan fingerprint density at radius 3 is 2.44 bits per heavy atom. The first kappa shape index (κ1) is 14.4. The third-order valence-electron chi connectivity index (χ3n) is 2.88. The Morgan fingerprint density at radius 1 is 1.28 bits per heavy atom. The number of hydrogen-bond acceptors (Lipinski definition) is 4. The summed E-state index contributed by atoms with van der Waals surface area (Å²) >= 11 is 0. The van der Waals surface area contributed by atoms with E-state index in [1.54, 1.807) is 0 Å². The van der Waals surface area contributed by atoms with Gasteiger partial charge >= 0.3 is 12.0 Å². The number of hydrogen-bond donors (Lipinski definition) is 4. The van der Waals surface area contributed by atoms with Gasteiger partial charge in [0.1, 0.15) is 6.04 Å². The molecule has 7 heteroatoms. The van der Waals surface area contributed by atoms with E-state index in [2.05, 4.69) is 16.0 Å². The van der Waals surface area contributed by atoms with Gasteiger partial charge in [0.25, 0.3) is 0 Å². The van der Waals surface area contributed by atoms with E-state index in [0.29, 0.717) is 0 Å². The van der Waals surface area contributed by atoms with Crippen molar-refractivity contribution < 1.29 is 19.5 Å². The highest BCUT2D eigenvalue weighted by Crippen LogP contribution is 2.17. The van der Waals surface area contributed by atoms with Crippen molar-refractivity contribution in [3.63, 3.8) is 0 Å². The lowest BCUT2D eigenvalue weighted by atomic mass is 10.2. The van der Waals surface area contributed by atoms with Crippen LogP contribution < -0.4 is 16.0 Å². The van der Waals surface area contributed by atoms with E-state index in [1.165, 1.54) is 6.92 Å². The van der Waals surface area contributed by atoms with Crippen molar-refractivity contribution in [1.82, 2.24) is 16.0 Å². The molecule has 0 aliphatic heterocycles. The van der Waals surface area contributed by atoms with Crippen LogP contribution >= 0.6 is 0 Å². The summed E-state index contributed by atoms with van der Waals surface area (Å²) in [4.78, 5) is 33.2. The first-order valence-electron chi connectivity index (χ1n) is 6.05. The number of carboxylic acid groups (broad SMARTS) is 1. The number of imide groups is 1. The minimum Gasteiger partial charge on any atom is -0.480 e. The number of carbonyl (C=O) groups is 3. The van der Waals surface area contributed by atoms with Crippen molar-refractivity contribution in [2.75, 3.05) is 6.54 Å². The molecule has 0 unspecified atom stereocenters. The normalized spacial score (nSPS) is 17.2. The summed E-state index contributed by atoms with van der Waals surface area (Å²) in [5.41, 5.74) is 0. The molecule has 0 saturated heterocycles. The van der Waals surface area contributed by atoms with Crippen LogP contribution in [0.3, 0.4) is 0 Å². The van der Waals surface area contributed by atoms with Gasteiger partial charge in [0.15, 0.2) is 0 Å². The number of urea groups is 1. The molecule has 1 saturated carbocycles. The second kappa shape index (κ2) is 6.95. The molecular formula is C11H19N3O4. The highest BCUT2D eigenvalue weighted by molar-refractivity contribution is 5.95. The smallest absolute Gasteiger partial charge is 0.321 e. The Labute approximate surface area is 105 Å². The zero-order chi connectivity index (χ0) is 13.5. The fraction of sp³-hybridized carbons (Fsp3) is 0.727. The van der Waals surface area contributed by atoms with Crippen molar-refractivity contribution in [2.24, 2.45) is 0 Å². The number of carboxylic acids is 1. The van der Waals surface area contributed by atoms with Crippen molar-refractivity contribution in [1.29, 1.82) is 0 Å². The van der Waals surface area contributed by atoms with Gasteiger partial charge in [-0.15, -0.1) is 0 Å². The van der Waals surface area contributed by atoms with Crippen molar-refractivity contribution in [3.05, 3.63) is 0 Å². The summed E-state index contributed by atoms with van der Waals surface area (Å²) in [6, 6.07) is -1.20. The Hall–Kier alpha value is -1.63. The topological polar surface area (TPSA) is 108 Å². The van der Waals surface area contributed by atoms with Crippen LogP contribution in [0, 0.1) is 0 Å². The van der Waals surface area contributed by atoms with Crippen LogP contribution in [0.2, 0.25) is 0 Å². The van der Waals surface area contributed by atoms with E-state index in [-0.39, 0.29) is 12.6 Å². The standard InChI is InChI=1S/C11H19N3O4/c1-7(10(16)17)12-6-9(15)14-11(18)13-8-4-2-3-5-8/h7-8,12H,2-6H2,1H3,(H,16,17)(H2,13,14,15,18)/t7-/m0/s1. The highest BCUT2D eigenvalue weighted by Gasteiger charge is 2.18. The molecule has 1 fully saturated rings. The van der Waals surface area contributed by atoms with E-state index in [4.69, 9.17) is 5.11 Å². The summed E-state index contributed by atoms with van der Waals surface area (Å²) in [6.45, 7) is 1.22. The predicted octanol–water partition coefficient (Wildman–Crippen LogP) is -0.182. The van der Waals surface area contributed by atoms with Crippen LogP contribution in [0.4, 0.5) is 4.79 Å². The Balaban J connectivity index is 2.18. The zero-order valence-electron chi connectivity index (χ0n) is 10.4. The maximum absolute atomic E-state index is 11.4. The summed E-state index contributed by atoms with van der Waals surface area (Å²) < 4.78 is 0. The Kier molecular flexibility index (Phi) is 5.57. The van der Waals surface area contributed by atoms with Crippen molar-refractivity contribution >= 4 is 17.9 Å². The molecule has 0 aromatic carbocycles. The summed E-state index contributed by atoms with van der Waals surface area (Å²) in [5, 5.41) is 15.9. The fourth-order valence-corrected chi connectivity index (χ4v) is 1.80. The minimum atomic E-state index is -1.04. The van der Waals surface area contributed by atoms with E-state index in [0.717, 1.165) is 25.7 Å². The van der Waals surface area contributed by atoms with E-state index >= 15 is 0 Å². The van der Waals surface area contributed by atoms with Crippen LogP contribution in [0.15, 0.2) is 0 Å². The molecule has 4 N–H and O–H groups in total. The number of rotatable bonds is 5. The quantitative estimate of drug-likeness (QED) is 0.546. The molecule has 0 aromatic rings. The lowest BCUT2D eigenvalue weighted by Crippen LogP contribution is -2.48. The lowest BCUT2D eigenvalue weighted by Gasteiger charge is -2.13. The molecule has 0 spiro atoms. The van der Waals surface area contributed by atoms with Crippen molar-refractivity contribution in [3.8, 4) is 0 Å². The second-order valence-corrected chi connectivity index (χ2v) is 4.44. The van der Waals surface area contributed by atoms with E-state index in [9.17, 15) is 14.4 Å². The Morgan fingerprint density at radius 2 is 1.89 bits per heavy atom. The first-order valence-corrected chi connectivity index (χ1v) is 6.05. The monoisotopic (exact) mass is 257 g/mol. The Bertz CT molecular complexity index is 326. The average molecular weight is 257 g/mol. The second-order valence-electron chi connectivity index (χ2n) is 4.44. The van der Waals surface area contributed by atoms with Gasteiger partial charge in [-0.1, -0.05) is 12.8 Å². The van der Waals surface area contributed by atoms with Crippen LogP contribution in [0.25, 0.3) is 0 Å². The molecule has 102 valence electrons. The molecule has 3 amide bonds. The average Bonchev–Trinajstić information content (AvgIpc) is 2.78. The van der Waals surface area contributed by atoms with E-state index < -0.39 is 23.9 Å². The maximum atomic E-state index is 11.4. The van der Waals surface area contributed by atoms with Gasteiger partial charge in [-0.2, -0.15) is 0 Å². The summed E-state index contributed by atoms with van der Waals surface area (Å²) in [5.74, 6) is -1.59. The van der Waals surface area contributed by atoms with Crippen LogP contribution in [0.5, 0.6) is 0 Å². The lowest BCUT2D eigenvalue weighted by molar-refractivity contribution is -0.139. The molecular weight excluding hydrogens is 238 g/mol. The first-order chi connectivity index (χ1) is 8.49. The van der Waals surface area contributed by atoms with Crippen molar-refractivity contribution in [2.45, 2.75) is 44.7 Å². The molecule has 0 aromatic heterocycles. The number of amides is 3. The number of nitrogens with one attached hydrogen (secondary N) is 3. The number of aliphatic carboxylic acids is 1. The summed E-state index contributed by atoms with van der Waals surface area (Å²) in [7, 11) is 0. The molecule has 0 heterocycles. The van der Waals surface area contributed by atoms with Gasteiger partial charge in [-0.3, -0.25) is 20.2 Å². The molecule has 18 heavy (non-hydrogen) atoms. The highest BCUT2D eigenvalue weighted by atomic mass is 16.4. The van der Waals surface area contributed by atoms with Gasteiger partial charge in [-0.05, 0) is 19.8 Å². The van der Waals surface area contributed by atoms with Crippen LogP contribution in [-0.2, 0) is 9.59 Å². The number of carbonyl (C=O) groups excluding carboxylic acids is 2. The van der Waals surface area contributed by atoms with Gasteiger partial charge in [0.05, 0.1) is 6.54 Å². The molecule has 1 atom stereocenters. The molecule has 1 aliphatic carbocycles. The summed E-state index contributed by atoms with van der Waals surface area (Å²) in [6.07, 6.45) is 4.07.